The zero-order valence-corrected chi connectivity index (χ0v) is 23.7. The van der Waals surface area contributed by atoms with Gasteiger partial charge in [-0.1, -0.05) is 33.8 Å². The van der Waals surface area contributed by atoms with Gasteiger partial charge in [-0.3, -0.25) is 9.59 Å². The van der Waals surface area contributed by atoms with Crippen LogP contribution in [0.2, 0.25) is 0 Å². The van der Waals surface area contributed by atoms with Crippen molar-refractivity contribution in [3.8, 4) is 23.0 Å². The first-order chi connectivity index (χ1) is 18.9. The molecular weight excluding hydrogens is 536 g/mol. The lowest BCUT2D eigenvalue weighted by Gasteiger charge is -2.31. The van der Waals surface area contributed by atoms with Crippen LogP contribution >= 0.6 is 0 Å². The third kappa shape index (κ3) is 7.95. The van der Waals surface area contributed by atoms with Crippen LogP contribution in [0.3, 0.4) is 0 Å². The number of phenolic OH excluding ortho intramolecular Hbond substituents is 4. The van der Waals surface area contributed by atoms with Crippen LogP contribution < -0.4 is 11.5 Å². The van der Waals surface area contributed by atoms with Gasteiger partial charge in [0.1, 0.15) is 0 Å². The van der Waals surface area contributed by atoms with Gasteiger partial charge in [0, 0.05) is 18.9 Å². The molecule has 0 aliphatic rings. The van der Waals surface area contributed by atoms with Gasteiger partial charge in [0.25, 0.3) is 0 Å². The Kier molecular flexibility index (Phi) is 10.5. The Hall–Kier alpha value is -4.16. The van der Waals surface area contributed by atoms with Gasteiger partial charge < -0.3 is 41.4 Å². The van der Waals surface area contributed by atoms with Crippen molar-refractivity contribution in [2.24, 2.45) is 23.3 Å². The number of ether oxygens (including phenoxy) is 2. The van der Waals surface area contributed by atoms with E-state index < -0.39 is 58.1 Å². The molecule has 0 saturated heterocycles. The summed E-state index contributed by atoms with van der Waals surface area (Å²) >= 11 is 0. The second-order valence-electron chi connectivity index (χ2n) is 11.0. The SMILES string of the molecule is CC(C)CC(N)(C(=O)Cc1ccc(O)c(O)c1)C(=O)OC(C)OC(=O)C(N)(CC(C)C)C(=O)c1ccc(O)c(O)c1. The lowest BCUT2D eigenvalue weighted by Crippen LogP contribution is -2.59. The highest BCUT2D eigenvalue weighted by Crippen LogP contribution is 2.30. The fourth-order valence-electron chi connectivity index (χ4n) is 4.35. The molecule has 0 radical (unpaired) electrons. The topological polar surface area (TPSA) is 220 Å². The number of Topliss-reactive ketones (excluding diaryl/α,β-unsaturated/α-hetero) is 2. The van der Waals surface area contributed by atoms with Gasteiger partial charge in [-0.2, -0.15) is 0 Å². The largest absolute Gasteiger partial charge is 0.504 e. The number of phenols is 4. The van der Waals surface area contributed by atoms with E-state index in [1.165, 1.54) is 31.2 Å². The maximum absolute atomic E-state index is 13.3. The summed E-state index contributed by atoms with van der Waals surface area (Å²) in [5.74, 6) is -6.43. The predicted octanol–water partition coefficient (Wildman–Crippen LogP) is 2.42. The van der Waals surface area contributed by atoms with E-state index in [0.29, 0.717) is 0 Å². The van der Waals surface area contributed by atoms with Crippen LogP contribution in [0, 0.1) is 11.8 Å². The molecule has 2 rings (SSSR count). The number of hydrogen-bond donors (Lipinski definition) is 6. The van der Waals surface area contributed by atoms with Crippen LogP contribution in [-0.4, -0.2) is 61.3 Å². The average Bonchev–Trinajstić information content (AvgIpc) is 2.86. The predicted molar refractivity (Wildman–Crippen MR) is 147 cm³/mol. The molecule has 224 valence electrons. The Balaban J connectivity index is 2.26. The normalized spacial score (nSPS) is 15.0. The second kappa shape index (κ2) is 13.0. The van der Waals surface area contributed by atoms with Gasteiger partial charge in [0.05, 0.1) is 0 Å². The molecule has 3 unspecified atom stereocenters. The third-order valence-electron chi connectivity index (χ3n) is 6.28. The molecule has 0 aromatic heterocycles. The molecule has 12 heteroatoms. The van der Waals surface area contributed by atoms with Gasteiger partial charge in [-0.15, -0.1) is 0 Å². The highest BCUT2D eigenvalue weighted by Gasteiger charge is 2.47. The number of nitrogens with two attached hydrogens (primary N) is 2. The number of benzene rings is 2. The maximum atomic E-state index is 13.3. The standard InChI is InChI=1S/C29H38N2O10/c1-15(2)13-28(30,24(36)11-18-6-8-20(32)22(34)10-18)26(38)40-17(5)41-27(39)29(31,14-16(3)4)25(37)19-7-9-21(33)23(35)12-19/h6-10,12,15-17,32-35H,11,13-14,30-31H2,1-5H3. The lowest BCUT2D eigenvalue weighted by atomic mass is 9.83. The second-order valence-corrected chi connectivity index (χ2v) is 11.0. The highest BCUT2D eigenvalue weighted by atomic mass is 16.7. The average molecular weight is 575 g/mol. The summed E-state index contributed by atoms with van der Waals surface area (Å²) < 4.78 is 10.5. The van der Waals surface area contributed by atoms with Crippen molar-refractivity contribution in [2.75, 3.05) is 0 Å². The van der Waals surface area contributed by atoms with Crippen LogP contribution in [0.1, 0.15) is 63.4 Å². The van der Waals surface area contributed by atoms with Crippen molar-refractivity contribution >= 4 is 23.5 Å². The van der Waals surface area contributed by atoms with Crippen LogP contribution in [0.5, 0.6) is 23.0 Å². The summed E-state index contributed by atoms with van der Waals surface area (Å²) in [4.78, 5) is 52.9. The zero-order chi connectivity index (χ0) is 31.3. The molecule has 2 aromatic carbocycles. The minimum Gasteiger partial charge on any atom is -0.504 e. The number of carbonyl (C=O) groups is 4. The molecule has 3 atom stereocenters. The Morgan fingerprint density at radius 2 is 1.17 bits per heavy atom. The zero-order valence-electron chi connectivity index (χ0n) is 23.7. The molecular formula is C29H38N2O10. The summed E-state index contributed by atoms with van der Waals surface area (Å²) in [6, 6.07) is 6.96. The smallest absolute Gasteiger partial charge is 0.337 e. The number of rotatable bonds is 13. The lowest BCUT2D eigenvalue weighted by molar-refractivity contribution is -0.191. The summed E-state index contributed by atoms with van der Waals surface area (Å²) in [6.45, 7) is 8.10. The molecule has 0 fully saturated rings. The van der Waals surface area contributed by atoms with E-state index in [-0.39, 0.29) is 48.0 Å². The van der Waals surface area contributed by atoms with Crippen molar-refractivity contribution in [1.29, 1.82) is 0 Å². The minimum absolute atomic E-state index is 0.119. The molecule has 0 spiro atoms. The number of ketones is 2. The molecule has 0 heterocycles. The monoisotopic (exact) mass is 574 g/mol. The molecule has 0 aliphatic carbocycles. The van der Waals surface area contributed by atoms with Crippen LogP contribution in [0.15, 0.2) is 36.4 Å². The fraction of sp³-hybridized carbons (Fsp3) is 0.448. The van der Waals surface area contributed by atoms with Crippen molar-refractivity contribution in [3.05, 3.63) is 47.5 Å². The quantitative estimate of drug-likeness (QED) is 0.0668. The van der Waals surface area contributed by atoms with E-state index >= 15 is 0 Å². The summed E-state index contributed by atoms with van der Waals surface area (Å²) in [7, 11) is 0. The fourth-order valence-corrected chi connectivity index (χ4v) is 4.35. The van der Waals surface area contributed by atoms with Crippen molar-refractivity contribution in [2.45, 2.75) is 71.2 Å². The van der Waals surface area contributed by atoms with Crippen molar-refractivity contribution < 1.29 is 49.1 Å². The van der Waals surface area contributed by atoms with E-state index in [4.69, 9.17) is 20.9 Å². The Morgan fingerprint density at radius 3 is 1.66 bits per heavy atom. The molecule has 2 aromatic rings. The van der Waals surface area contributed by atoms with Gasteiger partial charge in [0.2, 0.25) is 6.29 Å². The Labute approximate surface area is 237 Å². The molecule has 41 heavy (non-hydrogen) atoms. The molecule has 8 N–H and O–H groups in total. The first-order valence-electron chi connectivity index (χ1n) is 13.0. The van der Waals surface area contributed by atoms with Crippen LogP contribution in [-0.2, 0) is 30.3 Å². The molecule has 0 saturated carbocycles. The Bertz CT molecular complexity index is 1310. The van der Waals surface area contributed by atoms with E-state index in [2.05, 4.69) is 0 Å². The van der Waals surface area contributed by atoms with E-state index in [1.54, 1.807) is 27.7 Å². The molecule has 0 aliphatic heterocycles. The highest BCUT2D eigenvalue weighted by molar-refractivity contribution is 6.16. The van der Waals surface area contributed by atoms with Gasteiger partial charge >= 0.3 is 11.9 Å². The summed E-state index contributed by atoms with van der Waals surface area (Å²) in [5.41, 5.74) is 8.29. The van der Waals surface area contributed by atoms with Crippen molar-refractivity contribution in [1.82, 2.24) is 0 Å². The van der Waals surface area contributed by atoms with Crippen molar-refractivity contribution in [3.63, 3.8) is 0 Å². The van der Waals surface area contributed by atoms with Gasteiger partial charge in [0.15, 0.2) is 45.6 Å². The van der Waals surface area contributed by atoms with E-state index in [1.807, 2.05) is 0 Å². The first-order valence-corrected chi connectivity index (χ1v) is 13.0. The third-order valence-corrected chi connectivity index (χ3v) is 6.28. The molecule has 0 bridgehead atoms. The van der Waals surface area contributed by atoms with E-state index in [0.717, 1.165) is 12.1 Å². The number of aromatic hydroxyl groups is 4. The molecule has 0 amide bonds. The number of esters is 2. The van der Waals surface area contributed by atoms with Crippen LogP contribution in [0.4, 0.5) is 0 Å². The minimum atomic E-state index is -2.24. The van der Waals surface area contributed by atoms with Gasteiger partial charge in [-0.05, 0) is 60.6 Å². The van der Waals surface area contributed by atoms with Gasteiger partial charge in [-0.25, -0.2) is 9.59 Å². The Morgan fingerprint density at radius 1 is 0.707 bits per heavy atom. The number of carbonyl (C=O) groups excluding carboxylic acids is 4. The number of hydrogen-bond acceptors (Lipinski definition) is 12. The summed E-state index contributed by atoms with van der Waals surface area (Å²) in [5, 5.41) is 38.6. The summed E-state index contributed by atoms with van der Waals surface area (Å²) in [6.07, 6.45) is -2.26. The first kappa shape index (κ1) is 33.0. The molecule has 12 nitrogen and oxygen atoms in total. The maximum Gasteiger partial charge on any atom is 0.337 e. The van der Waals surface area contributed by atoms with Crippen LogP contribution in [0.25, 0.3) is 0 Å². The van der Waals surface area contributed by atoms with E-state index in [9.17, 15) is 39.6 Å².